The number of fused-ring (bicyclic) bond motifs is 1. The minimum Gasteiger partial charge on any atom is -0.355 e. The summed E-state index contributed by atoms with van der Waals surface area (Å²) in [5.74, 6) is -3.04. The Morgan fingerprint density at radius 1 is 1.26 bits per heavy atom. The van der Waals surface area contributed by atoms with Crippen molar-refractivity contribution in [3.05, 3.63) is 58.5 Å². The Kier molecular flexibility index (Phi) is 4.59. The van der Waals surface area contributed by atoms with Crippen LogP contribution in [-0.2, 0) is 10.2 Å². The zero-order valence-electron chi connectivity index (χ0n) is 15.5. The Morgan fingerprint density at radius 3 is 2.59 bits per heavy atom. The number of hydrogen-bond acceptors (Lipinski definition) is 3. The molecule has 2 N–H and O–H groups in total. The van der Waals surface area contributed by atoms with Crippen LogP contribution in [0.1, 0.15) is 41.2 Å². The summed E-state index contributed by atoms with van der Waals surface area (Å²) >= 11 is 0. The van der Waals surface area contributed by atoms with Crippen LogP contribution < -0.4 is 5.32 Å². The molecular formula is C19H20F2N4O2. The smallest absolute Gasteiger partial charge is 0.257 e. The van der Waals surface area contributed by atoms with Crippen molar-refractivity contribution < 1.29 is 18.4 Å². The molecule has 0 unspecified atom stereocenters. The van der Waals surface area contributed by atoms with Gasteiger partial charge in [-0.2, -0.15) is 5.10 Å². The molecule has 0 spiro atoms. The lowest BCUT2D eigenvalue weighted by atomic mass is 9.82. The molecule has 1 aliphatic heterocycles. The number of nitrogens with zero attached hydrogens (tertiary/aromatic N) is 2. The fraction of sp³-hybridized carbons (Fsp3) is 0.316. The van der Waals surface area contributed by atoms with Crippen LogP contribution in [0.15, 0.2) is 24.4 Å². The topological polar surface area (TPSA) is 78.1 Å². The predicted octanol–water partition coefficient (Wildman–Crippen LogP) is 2.52. The highest BCUT2D eigenvalue weighted by molar-refractivity contribution is 6.20. The first-order chi connectivity index (χ1) is 12.7. The molecule has 2 amide bonds. The largest absolute Gasteiger partial charge is 0.355 e. The van der Waals surface area contributed by atoms with Gasteiger partial charge in [0.05, 0.1) is 17.0 Å². The van der Waals surface area contributed by atoms with Gasteiger partial charge in [0.1, 0.15) is 0 Å². The van der Waals surface area contributed by atoms with Crippen LogP contribution in [0.4, 0.5) is 8.78 Å². The van der Waals surface area contributed by atoms with Crippen LogP contribution in [0.5, 0.6) is 0 Å². The molecule has 0 radical (unpaired) electrons. The van der Waals surface area contributed by atoms with Gasteiger partial charge in [0.15, 0.2) is 11.6 Å². The van der Waals surface area contributed by atoms with Crippen LogP contribution in [0.3, 0.4) is 0 Å². The molecular weight excluding hydrogens is 354 g/mol. The highest BCUT2D eigenvalue weighted by Crippen LogP contribution is 2.36. The molecule has 27 heavy (non-hydrogen) atoms. The Balaban J connectivity index is 2.12. The van der Waals surface area contributed by atoms with Gasteiger partial charge >= 0.3 is 0 Å². The number of aromatic amines is 1. The van der Waals surface area contributed by atoms with Gasteiger partial charge in [-0.1, -0.05) is 13.8 Å². The van der Waals surface area contributed by atoms with E-state index in [1.165, 1.54) is 24.2 Å². The fourth-order valence-corrected chi connectivity index (χ4v) is 3.46. The first-order valence-electron chi connectivity index (χ1n) is 8.41. The molecule has 0 saturated heterocycles. The minimum absolute atomic E-state index is 0.00221. The van der Waals surface area contributed by atoms with E-state index < -0.39 is 23.0 Å². The maximum absolute atomic E-state index is 13.6. The molecule has 0 atom stereocenters. The quantitative estimate of drug-likeness (QED) is 0.848. The van der Waals surface area contributed by atoms with E-state index in [9.17, 15) is 18.4 Å². The van der Waals surface area contributed by atoms with Gasteiger partial charge in [-0.15, -0.1) is 0 Å². The summed E-state index contributed by atoms with van der Waals surface area (Å²) in [6, 6.07) is 2.98. The van der Waals surface area contributed by atoms with Crippen LogP contribution in [0.25, 0.3) is 5.57 Å². The van der Waals surface area contributed by atoms with Crippen molar-refractivity contribution >= 4 is 17.4 Å². The Hall–Kier alpha value is -3.03. The zero-order valence-corrected chi connectivity index (χ0v) is 15.5. The maximum Gasteiger partial charge on any atom is 0.257 e. The summed E-state index contributed by atoms with van der Waals surface area (Å²) in [4.78, 5) is 26.7. The third-order valence-electron chi connectivity index (χ3n) is 4.64. The highest BCUT2D eigenvalue weighted by Gasteiger charge is 2.37. The van der Waals surface area contributed by atoms with Crippen LogP contribution in [0.2, 0.25) is 0 Å². The molecule has 3 rings (SSSR count). The van der Waals surface area contributed by atoms with Gasteiger partial charge in [-0.05, 0) is 25.1 Å². The van der Waals surface area contributed by atoms with Crippen molar-refractivity contribution in [3.63, 3.8) is 0 Å². The first kappa shape index (κ1) is 18.8. The molecule has 8 heteroatoms. The summed E-state index contributed by atoms with van der Waals surface area (Å²) in [5.41, 5.74) is 1.81. The number of carbonyl (C=O) groups excluding carboxylic acids is 2. The maximum atomic E-state index is 13.6. The number of hydrogen-bond donors (Lipinski definition) is 2. The number of likely N-dealkylation sites (N-methyl/N-ethyl adjacent to an activating group) is 1. The molecule has 2 aromatic rings. The average molecular weight is 374 g/mol. The molecule has 0 bridgehead atoms. The van der Waals surface area contributed by atoms with E-state index >= 15 is 0 Å². The molecule has 2 heterocycles. The Labute approximate surface area is 155 Å². The Bertz CT molecular complexity index is 963. The van der Waals surface area contributed by atoms with Gasteiger partial charge in [0, 0.05) is 36.3 Å². The van der Waals surface area contributed by atoms with E-state index in [0.29, 0.717) is 5.69 Å². The monoisotopic (exact) mass is 374 g/mol. The lowest BCUT2D eigenvalue weighted by molar-refractivity contribution is -0.115. The number of aryl methyl sites for hydroxylation is 1. The van der Waals surface area contributed by atoms with E-state index in [2.05, 4.69) is 15.5 Å². The third kappa shape index (κ3) is 3.22. The van der Waals surface area contributed by atoms with Gasteiger partial charge in [0.2, 0.25) is 0 Å². The summed E-state index contributed by atoms with van der Waals surface area (Å²) in [5, 5.41) is 9.64. The Morgan fingerprint density at radius 2 is 1.96 bits per heavy atom. The first-order valence-corrected chi connectivity index (χ1v) is 8.41. The van der Waals surface area contributed by atoms with Crippen molar-refractivity contribution in [2.75, 3.05) is 13.6 Å². The molecule has 142 valence electrons. The normalized spacial score (nSPS) is 15.6. The molecule has 1 aromatic carbocycles. The molecule has 6 nitrogen and oxygen atoms in total. The number of nitrogens with one attached hydrogen (secondary N) is 2. The van der Waals surface area contributed by atoms with Crippen molar-refractivity contribution in [1.82, 2.24) is 20.4 Å². The van der Waals surface area contributed by atoms with Crippen molar-refractivity contribution in [3.8, 4) is 0 Å². The van der Waals surface area contributed by atoms with E-state index in [0.717, 1.165) is 23.4 Å². The highest BCUT2D eigenvalue weighted by atomic mass is 19.2. The third-order valence-corrected chi connectivity index (χ3v) is 4.64. The molecule has 1 aromatic heterocycles. The molecule has 1 aliphatic rings. The summed E-state index contributed by atoms with van der Waals surface area (Å²) in [7, 11) is 1.49. The van der Waals surface area contributed by atoms with Gasteiger partial charge in [0.25, 0.3) is 11.8 Å². The number of benzene rings is 1. The number of H-pyrrole nitrogens is 1. The number of aromatic nitrogens is 2. The van der Waals surface area contributed by atoms with Gasteiger partial charge < -0.3 is 10.2 Å². The molecule has 0 aliphatic carbocycles. The SMILES string of the molecule is CNC(=O)C1=CN(C(=O)c2ccc(F)c(F)c2)CC(C)(C)c2c(C)n[nH]c21. The molecule has 0 fully saturated rings. The van der Waals surface area contributed by atoms with Gasteiger partial charge in [-0.3, -0.25) is 14.7 Å². The predicted molar refractivity (Wildman–Crippen MR) is 95.8 cm³/mol. The summed E-state index contributed by atoms with van der Waals surface area (Å²) < 4.78 is 26.8. The average Bonchev–Trinajstić information content (AvgIpc) is 2.96. The number of halogens is 2. The van der Waals surface area contributed by atoms with E-state index in [1.807, 2.05) is 20.8 Å². The lowest BCUT2D eigenvalue weighted by Gasteiger charge is -2.29. The van der Waals surface area contributed by atoms with E-state index in [1.54, 1.807) is 0 Å². The van der Waals surface area contributed by atoms with E-state index in [-0.39, 0.29) is 23.6 Å². The second kappa shape index (κ2) is 6.61. The number of rotatable bonds is 2. The number of amides is 2. The second-order valence-corrected chi connectivity index (χ2v) is 7.13. The zero-order chi connectivity index (χ0) is 19.9. The molecule has 0 saturated carbocycles. The minimum atomic E-state index is -1.10. The van der Waals surface area contributed by atoms with Crippen molar-refractivity contribution in [2.24, 2.45) is 0 Å². The van der Waals surface area contributed by atoms with Crippen molar-refractivity contribution in [2.45, 2.75) is 26.2 Å². The van der Waals surface area contributed by atoms with Gasteiger partial charge in [-0.25, -0.2) is 8.78 Å². The van der Waals surface area contributed by atoms with E-state index in [4.69, 9.17) is 0 Å². The lowest BCUT2D eigenvalue weighted by Crippen LogP contribution is -2.37. The number of carbonyl (C=O) groups is 2. The summed E-state index contributed by atoms with van der Waals surface area (Å²) in [6.45, 7) is 5.92. The second-order valence-electron chi connectivity index (χ2n) is 7.13. The standard InChI is InChI=1S/C19H20F2N4O2/c1-10-15-16(24-23-10)12(17(26)22-4)8-25(9-19(15,2)3)18(27)11-5-6-13(20)14(21)7-11/h5-8H,9H2,1-4H3,(H,22,26)(H,23,24). The van der Waals surface area contributed by atoms with Crippen molar-refractivity contribution in [1.29, 1.82) is 0 Å². The van der Waals surface area contributed by atoms with Crippen LogP contribution >= 0.6 is 0 Å². The van der Waals surface area contributed by atoms with Crippen LogP contribution in [-0.4, -0.2) is 40.5 Å². The van der Waals surface area contributed by atoms with Crippen LogP contribution in [0, 0.1) is 18.6 Å². The fourth-order valence-electron chi connectivity index (χ4n) is 3.46. The summed E-state index contributed by atoms with van der Waals surface area (Å²) in [6.07, 6.45) is 1.42.